The van der Waals surface area contributed by atoms with E-state index in [1.165, 1.54) is 36.4 Å². The highest BCUT2D eigenvalue weighted by molar-refractivity contribution is 7.92. The van der Waals surface area contributed by atoms with Crippen LogP contribution in [0.4, 0.5) is 4.39 Å². The van der Waals surface area contributed by atoms with Crippen molar-refractivity contribution in [3.8, 4) is 0 Å². The molecule has 1 atom stereocenters. The van der Waals surface area contributed by atoms with E-state index in [9.17, 15) is 17.6 Å². The van der Waals surface area contributed by atoms with E-state index in [-0.39, 0.29) is 22.0 Å². The molecule has 0 radical (unpaired) electrons. The van der Waals surface area contributed by atoms with Gasteiger partial charge in [-0.3, -0.25) is 4.79 Å². The molecule has 2 aromatic rings. The lowest BCUT2D eigenvalue weighted by Gasteiger charge is -2.26. The highest BCUT2D eigenvalue weighted by Crippen LogP contribution is 2.28. The first kappa shape index (κ1) is 21.6. The molecule has 0 spiro atoms. The van der Waals surface area contributed by atoms with E-state index < -0.39 is 33.4 Å². The molecule has 0 aliphatic heterocycles. The summed E-state index contributed by atoms with van der Waals surface area (Å²) >= 11 is 11.8. The summed E-state index contributed by atoms with van der Waals surface area (Å²) < 4.78 is 38.8. The first-order valence-electron chi connectivity index (χ1n) is 7.97. The molecule has 1 amide bonds. The van der Waals surface area contributed by atoms with E-state index in [1.807, 2.05) is 0 Å². The zero-order chi connectivity index (χ0) is 20.2. The maximum Gasteiger partial charge on any atom is 0.235 e. The van der Waals surface area contributed by atoms with E-state index >= 15 is 0 Å². The number of sulfone groups is 1. The number of amides is 1. The molecule has 146 valence electrons. The SMILES string of the molecule is CN(C)C(CNC(=O)CS(=O)(=O)c1ccc(Cl)cc1)c1c(F)cccc1Cl. The maximum absolute atomic E-state index is 14.2. The van der Waals surface area contributed by atoms with E-state index in [4.69, 9.17) is 23.2 Å². The third-order valence-corrected chi connectivity index (χ3v) is 6.16. The predicted octanol–water partition coefficient (Wildman–Crippen LogP) is 3.33. The molecule has 27 heavy (non-hydrogen) atoms. The Morgan fingerprint density at radius 3 is 2.33 bits per heavy atom. The van der Waals surface area contributed by atoms with Gasteiger partial charge in [0.15, 0.2) is 9.84 Å². The largest absolute Gasteiger partial charge is 0.353 e. The van der Waals surface area contributed by atoms with Crippen molar-refractivity contribution in [2.24, 2.45) is 0 Å². The zero-order valence-electron chi connectivity index (χ0n) is 14.7. The summed E-state index contributed by atoms with van der Waals surface area (Å²) in [6, 6.07) is 9.34. The normalized spacial score (nSPS) is 12.8. The van der Waals surface area contributed by atoms with Crippen molar-refractivity contribution in [1.82, 2.24) is 10.2 Å². The summed E-state index contributed by atoms with van der Waals surface area (Å²) in [5, 5.41) is 3.17. The number of nitrogens with one attached hydrogen (secondary N) is 1. The molecule has 2 aromatic carbocycles. The van der Waals surface area contributed by atoms with Gasteiger partial charge in [-0.1, -0.05) is 29.3 Å². The second-order valence-corrected chi connectivity index (χ2v) is 8.97. The maximum atomic E-state index is 14.2. The number of carbonyl (C=O) groups excluding carboxylic acids is 1. The lowest BCUT2D eigenvalue weighted by molar-refractivity contribution is -0.118. The first-order valence-corrected chi connectivity index (χ1v) is 10.4. The van der Waals surface area contributed by atoms with Crippen LogP contribution in [0.1, 0.15) is 11.6 Å². The summed E-state index contributed by atoms with van der Waals surface area (Å²) in [5.74, 6) is -1.91. The number of nitrogens with zero attached hydrogens (tertiary/aromatic N) is 1. The smallest absolute Gasteiger partial charge is 0.235 e. The lowest BCUT2D eigenvalue weighted by atomic mass is 10.1. The summed E-state index contributed by atoms with van der Waals surface area (Å²) in [7, 11) is -0.385. The molecule has 1 N–H and O–H groups in total. The van der Waals surface area contributed by atoms with Gasteiger partial charge < -0.3 is 10.2 Å². The Kier molecular flexibility index (Phi) is 7.22. The lowest BCUT2D eigenvalue weighted by Crippen LogP contribution is -2.37. The van der Waals surface area contributed by atoms with Crippen molar-refractivity contribution in [2.75, 3.05) is 26.4 Å². The van der Waals surface area contributed by atoms with Crippen LogP contribution in [0.15, 0.2) is 47.4 Å². The number of hydrogen-bond acceptors (Lipinski definition) is 4. The van der Waals surface area contributed by atoms with Crippen LogP contribution in [0.25, 0.3) is 0 Å². The molecule has 9 heteroatoms. The number of likely N-dealkylation sites (N-methyl/N-ethyl adjacent to an activating group) is 1. The molecule has 5 nitrogen and oxygen atoms in total. The Bertz CT molecular complexity index is 898. The fourth-order valence-electron chi connectivity index (χ4n) is 2.53. The molecule has 0 fully saturated rings. The van der Waals surface area contributed by atoms with Gasteiger partial charge in [0.25, 0.3) is 0 Å². The van der Waals surface area contributed by atoms with Gasteiger partial charge in [-0.2, -0.15) is 0 Å². The zero-order valence-corrected chi connectivity index (χ0v) is 17.1. The van der Waals surface area contributed by atoms with Crippen molar-refractivity contribution in [3.05, 3.63) is 63.9 Å². The summed E-state index contributed by atoms with van der Waals surface area (Å²) in [6.07, 6.45) is 0. The molecule has 2 rings (SSSR count). The van der Waals surface area contributed by atoms with E-state index in [1.54, 1.807) is 25.1 Å². The van der Waals surface area contributed by atoms with Crippen LogP contribution in [0.2, 0.25) is 10.0 Å². The second kappa shape index (κ2) is 9.01. The molecule has 0 heterocycles. The number of hydrogen-bond donors (Lipinski definition) is 1. The standard InChI is InChI=1S/C18H19Cl2FN2O3S/c1-23(2)16(18-14(20)4-3-5-15(18)21)10-22-17(24)11-27(25,26)13-8-6-12(19)7-9-13/h3-9,16H,10-11H2,1-2H3,(H,22,24). The molecule has 1 unspecified atom stereocenters. The highest BCUT2D eigenvalue weighted by atomic mass is 35.5. The van der Waals surface area contributed by atoms with Crippen LogP contribution in [-0.4, -0.2) is 45.6 Å². The van der Waals surface area contributed by atoms with Crippen molar-refractivity contribution < 1.29 is 17.6 Å². The Labute approximate surface area is 168 Å². The van der Waals surface area contributed by atoms with Crippen LogP contribution >= 0.6 is 23.2 Å². The van der Waals surface area contributed by atoms with E-state index in [0.717, 1.165) is 0 Å². The molecular weight excluding hydrogens is 414 g/mol. The second-order valence-electron chi connectivity index (χ2n) is 6.13. The Balaban J connectivity index is 2.09. The van der Waals surface area contributed by atoms with Crippen molar-refractivity contribution >= 4 is 38.9 Å². The third-order valence-electron chi connectivity index (χ3n) is 3.94. The average molecular weight is 433 g/mol. The minimum atomic E-state index is -3.81. The fraction of sp³-hybridized carbons (Fsp3) is 0.278. The predicted molar refractivity (Wildman–Crippen MR) is 104 cm³/mol. The van der Waals surface area contributed by atoms with Crippen LogP contribution < -0.4 is 5.32 Å². The van der Waals surface area contributed by atoms with Gasteiger partial charge in [-0.15, -0.1) is 0 Å². The average Bonchev–Trinajstić information content (AvgIpc) is 2.57. The van der Waals surface area contributed by atoms with Crippen molar-refractivity contribution in [2.45, 2.75) is 10.9 Å². The van der Waals surface area contributed by atoms with Crippen LogP contribution in [-0.2, 0) is 14.6 Å². The minimum Gasteiger partial charge on any atom is -0.353 e. The van der Waals surface area contributed by atoms with Gasteiger partial charge in [0.1, 0.15) is 11.6 Å². The number of halogens is 3. The van der Waals surface area contributed by atoms with Gasteiger partial charge in [-0.05, 0) is 50.5 Å². The topological polar surface area (TPSA) is 66.5 Å². The van der Waals surface area contributed by atoms with Gasteiger partial charge in [0, 0.05) is 22.2 Å². The summed E-state index contributed by atoms with van der Waals surface area (Å²) in [6.45, 7) is 0.00260. The molecular formula is C18H19Cl2FN2O3S. The minimum absolute atomic E-state index is 0.00260. The monoisotopic (exact) mass is 432 g/mol. The Hall–Kier alpha value is -1.67. The van der Waals surface area contributed by atoms with E-state index in [0.29, 0.717) is 5.02 Å². The first-order chi connectivity index (χ1) is 12.6. The number of carbonyl (C=O) groups is 1. The van der Waals surface area contributed by atoms with Gasteiger partial charge in [-0.25, -0.2) is 12.8 Å². The molecule has 0 saturated heterocycles. The molecule has 0 bridgehead atoms. The highest BCUT2D eigenvalue weighted by Gasteiger charge is 2.24. The number of benzene rings is 2. The van der Waals surface area contributed by atoms with Crippen LogP contribution in [0, 0.1) is 5.82 Å². The van der Waals surface area contributed by atoms with Gasteiger partial charge in [0.2, 0.25) is 5.91 Å². The van der Waals surface area contributed by atoms with Gasteiger partial charge >= 0.3 is 0 Å². The van der Waals surface area contributed by atoms with Crippen molar-refractivity contribution in [1.29, 1.82) is 0 Å². The fourth-order valence-corrected chi connectivity index (χ4v) is 4.11. The van der Waals surface area contributed by atoms with Crippen LogP contribution in [0.3, 0.4) is 0 Å². The molecule has 0 aliphatic rings. The van der Waals surface area contributed by atoms with Gasteiger partial charge in [0.05, 0.1) is 10.9 Å². The molecule has 0 saturated carbocycles. The van der Waals surface area contributed by atoms with E-state index in [2.05, 4.69) is 5.32 Å². The summed E-state index contributed by atoms with van der Waals surface area (Å²) in [5.41, 5.74) is 0.241. The summed E-state index contributed by atoms with van der Waals surface area (Å²) in [4.78, 5) is 13.9. The third kappa shape index (κ3) is 5.65. The molecule has 0 aromatic heterocycles. The van der Waals surface area contributed by atoms with Crippen molar-refractivity contribution in [3.63, 3.8) is 0 Å². The molecule has 0 aliphatic carbocycles. The number of rotatable bonds is 7. The Morgan fingerprint density at radius 2 is 1.78 bits per heavy atom. The van der Waals surface area contributed by atoms with Crippen LogP contribution in [0.5, 0.6) is 0 Å². The Morgan fingerprint density at radius 1 is 1.15 bits per heavy atom. The quantitative estimate of drug-likeness (QED) is 0.728.